The van der Waals surface area contributed by atoms with Gasteiger partial charge in [-0.1, -0.05) is 37.4 Å². The molecule has 0 heterocycles. The second kappa shape index (κ2) is 7.57. The van der Waals surface area contributed by atoms with E-state index in [9.17, 15) is 0 Å². The smallest absolute Gasteiger partial charge is 0.124 e. The maximum Gasteiger partial charge on any atom is 0.124 e. The summed E-state index contributed by atoms with van der Waals surface area (Å²) in [6.07, 6.45) is 3.69. The Labute approximate surface area is 109 Å². The van der Waals surface area contributed by atoms with Crippen LogP contribution in [0.4, 0.5) is 0 Å². The molecule has 0 aromatic heterocycles. The van der Waals surface area contributed by atoms with Crippen LogP contribution >= 0.6 is 11.6 Å². The zero-order valence-electron chi connectivity index (χ0n) is 10.9. The number of benzene rings is 1. The van der Waals surface area contributed by atoms with Crippen LogP contribution < -0.4 is 10.1 Å². The molecule has 1 aromatic rings. The van der Waals surface area contributed by atoms with Gasteiger partial charge in [0.25, 0.3) is 0 Å². The topological polar surface area (TPSA) is 21.3 Å². The lowest BCUT2D eigenvalue weighted by atomic mass is 10.1. The van der Waals surface area contributed by atoms with Crippen molar-refractivity contribution in [3.05, 3.63) is 28.8 Å². The maximum atomic E-state index is 6.18. The fraction of sp³-hybridized carbons (Fsp3) is 0.571. The Morgan fingerprint density at radius 1 is 1.41 bits per heavy atom. The Balaban J connectivity index is 2.56. The molecule has 0 aliphatic carbocycles. The normalized spacial score (nSPS) is 12.5. The number of nitrogens with one attached hydrogen (secondary N) is 1. The second-order valence-corrected chi connectivity index (χ2v) is 4.75. The minimum atomic E-state index is 0.510. The van der Waals surface area contributed by atoms with Crippen LogP contribution in [0.25, 0.3) is 0 Å². The fourth-order valence-corrected chi connectivity index (χ4v) is 2.02. The molecule has 1 rings (SSSR count). The minimum absolute atomic E-state index is 0.510. The number of unbranched alkanes of at least 4 members (excludes halogenated alkanes) is 1. The highest BCUT2D eigenvalue weighted by molar-refractivity contribution is 6.31. The molecule has 1 N–H and O–H groups in total. The Morgan fingerprint density at radius 2 is 2.18 bits per heavy atom. The molecule has 96 valence electrons. The molecule has 1 atom stereocenters. The highest BCUT2D eigenvalue weighted by Crippen LogP contribution is 2.26. The molecule has 0 radical (unpaired) electrons. The fourth-order valence-electron chi connectivity index (χ4n) is 1.79. The van der Waals surface area contributed by atoms with Crippen LogP contribution in [-0.2, 0) is 6.54 Å². The minimum Gasteiger partial charge on any atom is -0.496 e. The third-order valence-electron chi connectivity index (χ3n) is 2.91. The van der Waals surface area contributed by atoms with Crippen molar-refractivity contribution in [3.8, 4) is 5.75 Å². The average Bonchev–Trinajstić information content (AvgIpc) is 2.34. The molecule has 0 fully saturated rings. The summed E-state index contributed by atoms with van der Waals surface area (Å²) in [6, 6.07) is 6.26. The SMILES string of the molecule is CCCCC(C)NCc1c(Cl)cccc1OC. The first-order valence-corrected chi connectivity index (χ1v) is 6.61. The summed E-state index contributed by atoms with van der Waals surface area (Å²) < 4.78 is 5.32. The van der Waals surface area contributed by atoms with Crippen LogP contribution in [0.3, 0.4) is 0 Å². The summed E-state index contributed by atoms with van der Waals surface area (Å²) in [4.78, 5) is 0. The number of ether oxygens (including phenoxy) is 1. The summed E-state index contributed by atoms with van der Waals surface area (Å²) in [6.45, 7) is 5.18. The Bertz CT molecular complexity index is 341. The first-order chi connectivity index (χ1) is 8.19. The van der Waals surface area contributed by atoms with Crippen molar-refractivity contribution >= 4 is 11.6 Å². The van der Waals surface area contributed by atoms with E-state index < -0.39 is 0 Å². The van der Waals surface area contributed by atoms with Crippen molar-refractivity contribution in [2.75, 3.05) is 7.11 Å². The lowest BCUT2D eigenvalue weighted by Gasteiger charge is -2.16. The molecule has 17 heavy (non-hydrogen) atoms. The molecule has 1 unspecified atom stereocenters. The Morgan fingerprint density at radius 3 is 2.82 bits per heavy atom. The summed E-state index contributed by atoms with van der Waals surface area (Å²) in [5, 5.41) is 4.25. The monoisotopic (exact) mass is 255 g/mol. The lowest BCUT2D eigenvalue weighted by Crippen LogP contribution is -2.25. The van der Waals surface area contributed by atoms with Crippen LogP contribution in [-0.4, -0.2) is 13.2 Å². The van der Waals surface area contributed by atoms with Crippen LogP contribution in [0.2, 0.25) is 5.02 Å². The zero-order chi connectivity index (χ0) is 12.7. The molecule has 0 bridgehead atoms. The molecule has 0 saturated heterocycles. The van der Waals surface area contributed by atoms with E-state index in [1.54, 1.807) is 7.11 Å². The van der Waals surface area contributed by atoms with Gasteiger partial charge >= 0.3 is 0 Å². The predicted octanol–water partition coefficient (Wildman–Crippen LogP) is 4.02. The third kappa shape index (κ3) is 4.57. The highest BCUT2D eigenvalue weighted by Gasteiger charge is 2.08. The van der Waals surface area contributed by atoms with E-state index in [1.165, 1.54) is 19.3 Å². The average molecular weight is 256 g/mol. The standard InChI is InChI=1S/C14H22ClNO/c1-4-5-7-11(2)16-10-12-13(15)8-6-9-14(12)17-3/h6,8-9,11,16H,4-5,7,10H2,1-3H3. The van der Waals surface area contributed by atoms with Crippen molar-refractivity contribution in [1.82, 2.24) is 5.32 Å². The summed E-state index contributed by atoms with van der Waals surface area (Å²) in [5.74, 6) is 0.854. The predicted molar refractivity (Wildman–Crippen MR) is 73.8 cm³/mol. The van der Waals surface area contributed by atoms with Crippen LogP contribution in [0.15, 0.2) is 18.2 Å². The molecule has 0 aliphatic rings. The van der Waals surface area contributed by atoms with Crippen LogP contribution in [0, 0.1) is 0 Å². The van der Waals surface area contributed by atoms with Gasteiger partial charge in [0.2, 0.25) is 0 Å². The quantitative estimate of drug-likeness (QED) is 0.795. The molecule has 0 spiro atoms. The van der Waals surface area contributed by atoms with Crippen molar-refractivity contribution in [1.29, 1.82) is 0 Å². The van der Waals surface area contributed by atoms with E-state index in [-0.39, 0.29) is 0 Å². The first kappa shape index (κ1) is 14.3. The van der Waals surface area contributed by atoms with Crippen molar-refractivity contribution in [3.63, 3.8) is 0 Å². The van der Waals surface area contributed by atoms with Crippen LogP contribution in [0.1, 0.15) is 38.7 Å². The van der Waals surface area contributed by atoms with Crippen molar-refractivity contribution < 1.29 is 4.74 Å². The number of halogens is 1. The number of rotatable bonds is 7. The van der Waals surface area contributed by atoms with Crippen LogP contribution in [0.5, 0.6) is 5.75 Å². The summed E-state index contributed by atoms with van der Waals surface area (Å²) in [5.41, 5.74) is 1.04. The van der Waals surface area contributed by atoms with Gasteiger partial charge in [0.05, 0.1) is 7.11 Å². The van der Waals surface area contributed by atoms with Gasteiger partial charge < -0.3 is 10.1 Å². The Hall–Kier alpha value is -0.730. The highest BCUT2D eigenvalue weighted by atomic mass is 35.5. The third-order valence-corrected chi connectivity index (χ3v) is 3.27. The van der Waals surface area contributed by atoms with Gasteiger partial charge in [-0.3, -0.25) is 0 Å². The molecular formula is C14H22ClNO. The number of hydrogen-bond donors (Lipinski definition) is 1. The largest absolute Gasteiger partial charge is 0.496 e. The lowest BCUT2D eigenvalue weighted by molar-refractivity contribution is 0.404. The summed E-state index contributed by atoms with van der Waals surface area (Å²) >= 11 is 6.18. The second-order valence-electron chi connectivity index (χ2n) is 4.34. The van der Waals surface area contributed by atoms with Gasteiger partial charge in [-0.25, -0.2) is 0 Å². The number of methoxy groups -OCH3 is 1. The molecule has 2 nitrogen and oxygen atoms in total. The van der Waals surface area contributed by atoms with Gasteiger partial charge in [-0.15, -0.1) is 0 Å². The van der Waals surface area contributed by atoms with E-state index in [4.69, 9.17) is 16.3 Å². The van der Waals surface area contributed by atoms with Crippen molar-refractivity contribution in [2.45, 2.75) is 45.7 Å². The molecule has 0 amide bonds. The zero-order valence-corrected chi connectivity index (χ0v) is 11.7. The van der Waals surface area contributed by atoms with E-state index in [0.29, 0.717) is 6.04 Å². The van der Waals surface area contributed by atoms with E-state index in [1.807, 2.05) is 18.2 Å². The molecule has 3 heteroatoms. The first-order valence-electron chi connectivity index (χ1n) is 6.23. The van der Waals surface area contributed by atoms with Gasteiger partial charge in [-0.05, 0) is 25.5 Å². The molecule has 0 saturated carbocycles. The van der Waals surface area contributed by atoms with E-state index >= 15 is 0 Å². The number of hydrogen-bond acceptors (Lipinski definition) is 2. The molecule has 1 aromatic carbocycles. The van der Waals surface area contributed by atoms with Gasteiger partial charge in [-0.2, -0.15) is 0 Å². The Kier molecular flexibility index (Phi) is 6.38. The molecule has 0 aliphatic heterocycles. The van der Waals surface area contributed by atoms with E-state index in [0.717, 1.165) is 22.9 Å². The van der Waals surface area contributed by atoms with Gasteiger partial charge in [0, 0.05) is 23.2 Å². The molecular weight excluding hydrogens is 234 g/mol. The summed E-state index contributed by atoms with van der Waals surface area (Å²) in [7, 11) is 1.68. The van der Waals surface area contributed by atoms with Gasteiger partial charge in [0.1, 0.15) is 5.75 Å². The maximum absolute atomic E-state index is 6.18. The van der Waals surface area contributed by atoms with Gasteiger partial charge in [0.15, 0.2) is 0 Å². The van der Waals surface area contributed by atoms with E-state index in [2.05, 4.69) is 19.2 Å². The van der Waals surface area contributed by atoms with Crippen molar-refractivity contribution in [2.24, 2.45) is 0 Å².